The maximum atomic E-state index is 9.98. The number of hydrogen-bond donors (Lipinski definition) is 4. The lowest BCUT2D eigenvalue weighted by molar-refractivity contribution is -0.134. The van der Waals surface area contributed by atoms with Crippen LogP contribution in [0.3, 0.4) is 0 Å². The van der Waals surface area contributed by atoms with Gasteiger partial charge in [0.1, 0.15) is 36.7 Å². The first-order chi connectivity index (χ1) is 16.0. The van der Waals surface area contributed by atoms with Gasteiger partial charge in [-0.3, -0.25) is 0 Å². The third-order valence-electron chi connectivity index (χ3n) is 3.84. The number of ether oxygens (including phenoxy) is 2. The van der Waals surface area contributed by atoms with Crippen LogP contribution in [0.25, 0.3) is 0 Å². The standard InChI is InChI=1S/C20H25N3O3.C4H4O4/c1-20(2,3)23-11-17(24)14-26-19-16(10-21)9-18(12-22-19)25-13-15-7-5-4-6-8-15;5-3(6)1-2-4(7)8/h4-9,12,17,23-24H,11,13-14H2,1-3H3;1-2H,(H,5,6)(H,7,8)/t17-;/m0./s1. The second-order valence-electron chi connectivity index (χ2n) is 8.02. The van der Waals surface area contributed by atoms with Gasteiger partial charge in [0.2, 0.25) is 5.88 Å². The Bertz CT molecular complexity index is 980. The second kappa shape index (κ2) is 14.3. The topological polar surface area (TPSA) is 162 Å². The van der Waals surface area contributed by atoms with E-state index in [2.05, 4.69) is 10.3 Å². The van der Waals surface area contributed by atoms with E-state index in [4.69, 9.17) is 19.7 Å². The maximum absolute atomic E-state index is 9.98. The van der Waals surface area contributed by atoms with Crippen LogP contribution in [0.5, 0.6) is 11.6 Å². The molecule has 0 aliphatic heterocycles. The Kier molecular flexibility index (Phi) is 11.8. The number of aliphatic hydroxyl groups is 1. The van der Waals surface area contributed by atoms with Crippen molar-refractivity contribution in [2.24, 2.45) is 0 Å². The molecule has 0 amide bonds. The molecule has 10 heteroatoms. The quantitative estimate of drug-likeness (QED) is 0.378. The molecule has 1 aromatic carbocycles. The molecule has 2 rings (SSSR count). The number of carboxylic acid groups (broad SMARTS) is 2. The number of carboxylic acids is 2. The molecular formula is C24H29N3O7. The van der Waals surface area contributed by atoms with Crippen molar-refractivity contribution >= 4 is 11.9 Å². The Hall–Kier alpha value is -3.94. The van der Waals surface area contributed by atoms with E-state index in [0.717, 1.165) is 5.56 Å². The minimum Gasteiger partial charge on any atom is -0.487 e. The lowest BCUT2D eigenvalue weighted by atomic mass is 10.1. The number of benzene rings is 1. The van der Waals surface area contributed by atoms with Crippen LogP contribution >= 0.6 is 0 Å². The largest absolute Gasteiger partial charge is 0.487 e. The molecule has 1 aromatic heterocycles. The molecule has 0 unspecified atom stereocenters. The van der Waals surface area contributed by atoms with Crippen molar-refractivity contribution in [3.8, 4) is 17.7 Å². The summed E-state index contributed by atoms with van der Waals surface area (Å²) in [4.78, 5) is 23.2. The molecule has 0 saturated carbocycles. The van der Waals surface area contributed by atoms with Crippen molar-refractivity contribution in [1.29, 1.82) is 5.26 Å². The lowest BCUT2D eigenvalue weighted by Gasteiger charge is -2.22. The molecular weight excluding hydrogens is 442 g/mol. The van der Waals surface area contributed by atoms with Gasteiger partial charge in [0, 0.05) is 30.3 Å². The first kappa shape index (κ1) is 28.1. The van der Waals surface area contributed by atoms with Gasteiger partial charge in [0.15, 0.2) is 0 Å². The number of rotatable bonds is 10. The summed E-state index contributed by atoms with van der Waals surface area (Å²) in [6.07, 6.45) is 1.93. The highest BCUT2D eigenvalue weighted by Gasteiger charge is 2.14. The number of aromatic nitrogens is 1. The molecule has 4 N–H and O–H groups in total. The first-order valence-electron chi connectivity index (χ1n) is 10.3. The third kappa shape index (κ3) is 12.8. The molecule has 1 heterocycles. The lowest BCUT2D eigenvalue weighted by Crippen LogP contribution is -2.42. The van der Waals surface area contributed by atoms with Crippen LogP contribution in [0.4, 0.5) is 0 Å². The van der Waals surface area contributed by atoms with Crippen LogP contribution in [-0.4, -0.2) is 57.0 Å². The van der Waals surface area contributed by atoms with Crippen molar-refractivity contribution in [3.63, 3.8) is 0 Å². The van der Waals surface area contributed by atoms with E-state index >= 15 is 0 Å². The summed E-state index contributed by atoms with van der Waals surface area (Å²) in [6.45, 7) is 6.89. The average Bonchev–Trinajstić information content (AvgIpc) is 2.79. The van der Waals surface area contributed by atoms with Gasteiger partial charge in [-0.1, -0.05) is 30.3 Å². The Balaban J connectivity index is 0.000000620. The number of nitriles is 1. The van der Waals surface area contributed by atoms with E-state index in [1.165, 1.54) is 6.20 Å². The number of aliphatic hydroxyl groups excluding tert-OH is 1. The summed E-state index contributed by atoms with van der Waals surface area (Å²) in [7, 11) is 0. The van der Waals surface area contributed by atoms with Crippen molar-refractivity contribution in [1.82, 2.24) is 10.3 Å². The van der Waals surface area contributed by atoms with Gasteiger partial charge in [0.05, 0.1) is 6.20 Å². The fourth-order valence-electron chi connectivity index (χ4n) is 2.25. The van der Waals surface area contributed by atoms with Crippen LogP contribution in [0, 0.1) is 11.3 Å². The Morgan fingerprint density at radius 2 is 1.76 bits per heavy atom. The van der Waals surface area contributed by atoms with Gasteiger partial charge in [-0.05, 0) is 26.3 Å². The van der Waals surface area contributed by atoms with Gasteiger partial charge >= 0.3 is 11.9 Å². The van der Waals surface area contributed by atoms with Crippen molar-refractivity contribution < 1.29 is 34.4 Å². The normalized spacial score (nSPS) is 11.6. The SMILES string of the molecule is CC(C)(C)NC[C@H](O)COc1ncc(OCc2ccccc2)cc1C#N.O=C(O)C=CC(=O)O. The summed E-state index contributed by atoms with van der Waals surface area (Å²) in [5, 5.41) is 38.1. The summed E-state index contributed by atoms with van der Waals surface area (Å²) >= 11 is 0. The molecule has 0 spiro atoms. The minimum absolute atomic E-state index is 0.0506. The van der Waals surface area contributed by atoms with Crippen LogP contribution in [-0.2, 0) is 16.2 Å². The van der Waals surface area contributed by atoms with Gasteiger partial charge in [-0.25, -0.2) is 14.6 Å². The van der Waals surface area contributed by atoms with Crippen LogP contribution < -0.4 is 14.8 Å². The van der Waals surface area contributed by atoms with Crippen LogP contribution in [0.15, 0.2) is 54.7 Å². The number of β-amino-alcohol motifs (C(OH)–C–C–N with tert-alkyl or cyclic N) is 1. The van der Waals surface area contributed by atoms with E-state index in [0.29, 0.717) is 31.1 Å². The summed E-state index contributed by atoms with van der Waals surface area (Å²) in [5.74, 6) is -1.83. The number of hydrogen-bond acceptors (Lipinski definition) is 8. The van der Waals surface area contributed by atoms with Gasteiger partial charge in [-0.2, -0.15) is 5.26 Å². The zero-order valence-electron chi connectivity index (χ0n) is 19.3. The number of carbonyl (C=O) groups is 2. The molecule has 10 nitrogen and oxygen atoms in total. The predicted molar refractivity (Wildman–Crippen MR) is 123 cm³/mol. The van der Waals surface area contributed by atoms with Gasteiger partial charge < -0.3 is 30.1 Å². The van der Waals surface area contributed by atoms with Crippen molar-refractivity contribution in [2.75, 3.05) is 13.2 Å². The van der Waals surface area contributed by atoms with E-state index in [-0.39, 0.29) is 23.6 Å². The zero-order valence-corrected chi connectivity index (χ0v) is 19.3. The Labute approximate surface area is 198 Å². The molecule has 34 heavy (non-hydrogen) atoms. The molecule has 0 bridgehead atoms. The number of aliphatic carboxylic acids is 2. The van der Waals surface area contributed by atoms with E-state index in [1.807, 2.05) is 57.2 Å². The molecule has 1 atom stereocenters. The third-order valence-corrected chi connectivity index (χ3v) is 3.84. The molecule has 182 valence electrons. The fourth-order valence-corrected chi connectivity index (χ4v) is 2.25. The maximum Gasteiger partial charge on any atom is 0.328 e. The molecule has 0 saturated heterocycles. The van der Waals surface area contributed by atoms with Crippen molar-refractivity contribution in [3.05, 3.63) is 65.9 Å². The molecule has 0 aliphatic rings. The summed E-state index contributed by atoms with van der Waals surface area (Å²) < 4.78 is 11.2. The number of nitrogens with zero attached hydrogens (tertiary/aromatic N) is 2. The van der Waals surface area contributed by atoms with E-state index < -0.39 is 18.0 Å². The molecule has 0 aliphatic carbocycles. The fraction of sp³-hybridized carbons (Fsp3) is 0.333. The highest BCUT2D eigenvalue weighted by atomic mass is 16.5. The first-order valence-corrected chi connectivity index (χ1v) is 10.3. The highest BCUT2D eigenvalue weighted by molar-refractivity contribution is 5.89. The molecule has 2 aromatic rings. The smallest absolute Gasteiger partial charge is 0.328 e. The molecule has 0 fully saturated rings. The van der Waals surface area contributed by atoms with Crippen molar-refractivity contribution in [2.45, 2.75) is 39.0 Å². The molecule has 0 radical (unpaired) electrons. The Morgan fingerprint density at radius 3 is 2.29 bits per heavy atom. The average molecular weight is 472 g/mol. The monoisotopic (exact) mass is 471 g/mol. The predicted octanol–water partition coefficient (Wildman–Crippen LogP) is 2.37. The second-order valence-corrected chi connectivity index (χ2v) is 8.02. The zero-order chi connectivity index (χ0) is 25.6. The summed E-state index contributed by atoms with van der Waals surface area (Å²) in [6, 6.07) is 13.4. The van der Waals surface area contributed by atoms with Crippen LogP contribution in [0.1, 0.15) is 31.9 Å². The number of nitrogens with one attached hydrogen (secondary N) is 1. The number of pyridine rings is 1. The van der Waals surface area contributed by atoms with Gasteiger partial charge in [-0.15, -0.1) is 0 Å². The highest BCUT2D eigenvalue weighted by Crippen LogP contribution is 2.21. The minimum atomic E-state index is -1.26. The van der Waals surface area contributed by atoms with E-state index in [9.17, 15) is 20.0 Å². The van der Waals surface area contributed by atoms with Crippen LogP contribution in [0.2, 0.25) is 0 Å². The van der Waals surface area contributed by atoms with Gasteiger partial charge in [0.25, 0.3) is 0 Å². The Morgan fingerprint density at radius 1 is 1.15 bits per heavy atom. The van der Waals surface area contributed by atoms with E-state index in [1.54, 1.807) is 6.07 Å². The summed E-state index contributed by atoms with van der Waals surface area (Å²) in [5.41, 5.74) is 1.21.